The molecule has 6 heteroatoms. The number of carbonyl (C=O) groups excluding carboxylic acids is 1. The van der Waals surface area contributed by atoms with Gasteiger partial charge in [-0.1, -0.05) is 17.7 Å². The fraction of sp³-hybridized carbons (Fsp3) is 0.235. The lowest BCUT2D eigenvalue weighted by molar-refractivity contribution is -0.384. The first-order chi connectivity index (χ1) is 10.9. The Morgan fingerprint density at radius 2 is 1.78 bits per heavy atom. The van der Waals surface area contributed by atoms with Gasteiger partial charge in [0, 0.05) is 23.5 Å². The third-order valence-electron chi connectivity index (χ3n) is 3.49. The van der Waals surface area contributed by atoms with Gasteiger partial charge < -0.3 is 10.6 Å². The number of nitro groups is 1. The molecule has 0 bridgehead atoms. The molecule has 0 fully saturated rings. The van der Waals surface area contributed by atoms with Gasteiger partial charge in [-0.25, -0.2) is 0 Å². The number of hydrogen-bond acceptors (Lipinski definition) is 4. The zero-order valence-electron chi connectivity index (χ0n) is 13.3. The minimum absolute atomic E-state index is 0.00977. The summed E-state index contributed by atoms with van der Waals surface area (Å²) in [4.78, 5) is 22.3. The number of rotatable bonds is 5. The maximum atomic E-state index is 12.2. The Hall–Kier alpha value is -2.89. The number of non-ortho nitro benzene ring substituents is 1. The molecule has 0 spiro atoms. The zero-order chi connectivity index (χ0) is 17.0. The third-order valence-corrected chi connectivity index (χ3v) is 3.49. The first kappa shape index (κ1) is 16.5. The molecule has 0 aliphatic rings. The lowest BCUT2D eigenvalue weighted by Crippen LogP contribution is -2.32. The molecule has 0 aliphatic carbocycles. The Morgan fingerprint density at radius 3 is 2.35 bits per heavy atom. The van der Waals surface area contributed by atoms with Crippen molar-refractivity contribution >= 4 is 23.0 Å². The van der Waals surface area contributed by atoms with Crippen molar-refractivity contribution in [3.63, 3.8) is 0 Å². The maximum absolute atomic E-state index is 12.2. The highest BCUT2D eigenvalue weighted by Crippen LogP contribution is 2.18. The molecule has 1 unspecified atom stereocenters. The van der Waals surface area contributed by atoms with Gasteiger partial charge in [0.05, 0.1) is 4.92 Å². The molecular formula is C17H19N3O3. The number of carbonyl (C=O) groups is 1. The van der Waals surface area contributed by atoms with Crippen molar-refractivity contribution in [3.05, 3.63) is 63.7 Å². The highest BCUT2D eigenvalue weighted by atomic mass is 16.6. The SMILES string of the molecule is Cc1ccc(NC(C)C(=O)Nc2ccc([N+](=O)[O-])cc2)c(C)c1. The highest BCUT2D eigenvalue weighted by molar-refractivity contribution is 5.96. The second-order valence-electron chi connectivity index (χ2n) is 5.48. The summed E-state index contributed by atoms with van der Waals surface area (Å²) < 4.78 is 0. The summed E-state index contributed by atoms with van der Waals surface area (Å²) in [6.07, 6.45) is 0. The lowest BCUT2D eigenvalue weighted by Gasteiger charge is -2.17. The summed E-state index contributed by atoms with van der Waals surface area (Å²) in [5, 5.41) is 16.5. The summed E-state index contributed by atoms with van der Waals surface area (Å²) in [7, 11) is 0. The first-order valence-corrected chi connectivity index (χ1v) is 7.26. The fourth-order valence-electron chi connectivity index (χ4n) is 2.19. The van der Waals surface area contributed by atoms with E-state index in [1.54, 1.807) is 6.92 Å². The average Bonchev–Trinajstić information content (AvgIpc) is 2.50. The second kappa shape index (κ2) is 6.91. The number of aryl methyl sites for hydroxylation is 2. The van der Waals surface area contributed by atoms with Crippen LogP contribution in [-0.2, 0) is 4.79 Å². The van der Waals surface area contributed by atoms with Crippen LogP contribution in [0.5, 0.6) is 0 Å². The smallest absolute Gasteiger partial charge is 0.269 e. The molecule has 23 heavy (non-hydrogen) atoms. The van der Waals surface area contributed by atoms with Crippen molar-refractivity contribution < 1.29 is 9.72 Å². The number of nitrogens with zero attached hydrogens (tertiary/aromatic N) is 1. The predicted molar refractivity (Wildman–Crippen MR) is 90.7 cm³/mol. The van der Waals surface area contributed by atoms with E-state index in [1.165, 1.54) is 24.3 Å². The summed E-state index contributed by atoms with van der Waals surface area (Å²) in [5.41, 5.74) is 3.65. The molecule has 0 radical (unpaired) electrons. The van der Waals surface area contributed by atoms with Gasteiger partial charge in [0.25, 0.3) is 5.69 Å². The van der Waals surface area contributed by atoms with Crippen LogP contribution in [0.1, 0.15) is 18.1 Å². The quantitative estimate of drug-likeness (QED) is 0.652. The van der Waals surface area contributed by atoms with Crippen molar-refractivity contribution in [1.29, 1.82) is 0 Å². The predicted octanol–water partition coefficient (Wildman–Crippen LogP) is 3.65. The van der Waals surface area contributed by atoms with Crippen LogP contribution < -0.4 is 10.6 Å². The number of amides is 1. The number of hydrogen-bond donors (Lipinski definition) is 2. The van der Waals surface area contributed by atoms with Gasteiger partial charge in [-0.05, 0) is 44.5 Å². The monoisotopic (exact) mass is 313 g/mol. The summed E-state index contributed by atoms with van der Waals surface area (Å²) in [5.74, 6) is -0.209. The molecule has 0 aliphatic heterocycles. The van der Waals surface area contributed by atoms with Crippen LogP contribution in [0.4, 0.5) is 17.1 Å². The van der Waals surface area contributed by atoms with E-state index < -0.39 is 11.0 Å². The van der Waals surface area contributed by atoms with E-state index in [-0.39, 0.29) is 11.6 Å². The van der Waals surface area contributed by atoms with E-state index >= 15 is 0 Å². The number of nitrogens with one attached hydrogen (secondary N) is 2. The molecule has 2 aromatic rings. The van der Waals surface area contributed by atoms with Crippen LogP contribution >= 0.6 is 0 Å². The lowest BCUT2D eigenvalue weighted by atomic mass is 10.1. The first-order valence-electron chi connectivity index (χ1n) is 7.26. The van der Waals surface area contributed by atoms with E-state index in [2.05, 4.69) is 10.6 Å². The summed E-state index contributed by atoms with van der Waals surface area (Å²) in [6, 6.07) is 11.3. The number of nitro benzene ring substituents is 1. The molecular weight excluding hydrogens is 294 g/mol. The molecule has 2 rings (SSSR count). The van der Waals surface area contributed by atoms with Crippen molar-refractivity contribution in [1.82, 2.24) is 0 Å². The van der Waals surface area contributed by atoms with Gasteiger partial charge in [-0.2, -0.15) is 0 Å². The Bertz CT molecular complexity index is 726. The Kier molecular flexibility index (Phi) is 4.95. The van der Waals surface area contributed by atoms with E-state index in [0.717, 1.165) is 16.8 Å². The van der Waals surface area contributed by atoms with Crippen LogP contribution in [0.3, 0.4) is 0 Å². The number of benzene rings is 2. The van der Waals surface area contributed by atoms with Crippen LogP contribution in [-0.4, -0.2) is 16.9 Å². The maximum Gasteiger partial charge on any atom is 0.269 e. The van der Waals surface area contributed by atoms with Gasteiger partial charge in [0.1, 0.15) is 6.04 Å². The van der Waals surface area contributed by atoms with E-state index in [4.69, 9.17) is 0 Å². The summed E-state index contributed by atoms with van der Waals surface area (Å²) in [6.45, 7) is 5.76. The molecule has 2 aromatic carbocycles. The van der Waals surface area contributed by atoms with Crippen LogP contribution in [0.15, 0.2) is 42.5 Å². The fourth-order valence-corrected chi connectivity index (χ4v) is 2.19. The standard InChI is InChI=1S/C17H19N3O3/c1-11-4-9-16(12(2)10-11)18-13(3)17(21)19-14-5-7-15(8-6-14)20(22)23/h4-10,13,18H,1-3H3,(H,19,21). The van der Waals surface area contributed by atoms with E-state index in [9.17, 15) is 14.9 Å². The van der Waals surface area contributed by atoms with Gasteiger partial charge in [0.2, 0.25) is 5.91 Å². The Labute approximate surface area is 134 Å². The van der Waals surface area contributed by atoms with E-state index in [0.29, 0.717) is 5.69 Å². The van der Waals surface area contributed by atoms with Crippen molar-refractivity contribution in [2.24, 2.45) is 0 Å². The molecule has 120 valence electrons. The average molecular weight is 313 g/mol. The van der Waals surface area contributed by atoms with Crippen molar-refractivity contribution in [3.8, 4) is 0 Å². The van der Waals surface area contributed by atoms with Crippen molar-refractivity contribution in [2.45, 2.75) is 26.8 Å². The minimum Gasteiger partial charge on any atom is -0.374 e. The highest BCUT2D eigenvalue weighted by Gasteiger charge is 2.14. The topological polar surface area (TPSA) is 84.3 Å². The molecule has 0 saturated heterocycles. The van der Waals surface area contributed by atoms with Crippen LogP contribution in [0.2, 0.25) is 0 Å². The normalized spacial score (nSPS) is 11.6. The molecule has 1 atom stereocenters. The molecule has 2 N–H and O–H groups in total. The second-order valence-corrected chi connectivity index (χ2v) is 5.48. The Morgan fingerprint density at radius 1 is 1.13 bits per heavy atom. The van der Waals surface area contributed by atoms with Crippen molar-refractivity contribution in [2.75, 3.05) is 10.6 Å². The summed E-state index contributed by atoms with van der Waals surface area (Å²) >= 11 is 0. The molecule has 6 nitrogen and oxygen atoms in total. The molecule has 1 amide bonds. The Balaban J connectivity index is 2.00. The van der Waals surface area contributed by atoms with Gasteiger partial charge >= 0.3 is 0 Å². The largest absolute Gasteiger partial charge is 0.374 e. The van der Waals surface area contributed by atoms with Gasteiger partial charge in [-0.3, -0.25) is 14.9 Å². The molecule has 0 saturated carbocycles. The van der Waals surface area contributed by atoms with Crippen LogP contribution in [0.25, 0.3) is 0 Å². The van der Waals surface area contributed by atoms with Crippen LogP contribution in [0, 0.1) is 24.0 Å². The zero-order valence-corrected chi connectivity index (χ0v) is 13.3. The van der Waals surface area contributed by atoms with E-state index in [1.807, 2.05) is 32.0 Å². The van der Waals surface area contributed by atoms with Gasteiger partial charge in [-0.15, -0.1) is 0 Å². The third kappa shape index (κ3) is 4.29. The molecule has 0 aromatic heterocycles. The number of anilines is 2. The minimum atomic E-state index is -0.476. The van der Waals surface area contributed by atoms with Gasteiger partial charge in [0.15, 0.2) is 0 Å². The molecule has 0 heterocycles.